The van der Waals surface area contributed by atoms with E-state index < -0.39 is 0 Å². The molecule has 1 aliphatic carbocycles. The summed E-state index contributed by atoms with van der Waals surface area (Å²) in [6, 6.07) is 14.7. The van der Waals surface area contributed by atoms with E-state index in [4.69, 9.17) is 23.2 Å². The first-order chi connectivity index (χ1) is 18.9. The number of likely N-dealkylation sites (N-methyl/N-ethyl adjacent to an activating group) is 1. The highest BCUT2D eigenvalue weighted by molar-refractivity contribution is 6.34. The minimum absolute atomic E-state index is 0.606. The van der Waals surface area contributed by atoms with E-state index in [1.54, 1.807) is 6.07 Å². The molecule has 1 aliphatic heterocycles. The van der Waals surface area contributed by atoms with Crippen molar-refractivity contribution in [1.82, 2.24) is 4.90 Å². The molecule has 0 radical (unpaired) electrons. The Labute approximate surface area is 246 Å². The molecule has 2 N–H and O–H groups in total. The number of nitrogens with zero attached hydrogens (tertiary/aromatic N) is 3. The molecule has 4 rings (SSSR count). The van der Waals surface area contributed by atoms with Crippen LogP contribution in [0.25, 0.3) is 5.57 Å². The number of hydrogen-bond acceptors (Lipinski definition) is 3. The monoisotopic (exact) mass is 566 g/mol. The van der Waals surface area contributed by atoms with Crippen LogP contribution in [0.1, 0.15) is 76.0 Å². The van der Waals surface area contributed by atoms with Crippen LogP contribution in [-0.2, 0) is 6.42 Å². The first-order valence-electron chi connectivity index (χ1n) is 14.0. The topological polar surface area (TPSA) is 54.0 Å². The third-order valence-electron chi connectivity index (χ3n) is 7.07. The lowest BCUT2D eigenvalue weighted by Crippen LogP contribution is -2.28. The van der Waals surface area contributed by atoms with Crippen LogP contribution in [0.4, 0.5) is 0 Å². The number of hydrogen-bond donors (Lipinski definition) is 1. The predicted octanol–water partition coefficient (Wildman–Crippen LogP) is 10.2. The molecule has 4 nitrogen and oxygen atoms in total. The Balaban J connectivity index is 0.000000815. The van der Waals surface area contributed by atoms with Gasteiger partial charge >= 0.3 is 0 Å². The molecular formula is C33H44Cl2N4. The van der Waals surface area contributed by atoms with Crippen molar-refractivity contribution in [2.45, 2.75) is 65.7 Å². The largest absolute Gasteiger partial charge is 0.347 e. The smallest absolute Gasteiger partial charge is 0.0508 e. The number of nitrogens with two attached hydrogens (primary N) is 1. The van der Waals surface area contributed by atoms with E-state index in [0.29, 0.717) is 16.0 Å². The third-order valence-corrected chi connectivity index (χ3v) is 7.50. The second kappa shape index (κ2) is 17.0. The molecule has 2 aromatic carbocycles. The van der Waals surface area contributed by atoms with Crippen LogP contribution >= 0.6 is 23.2 Å². The van der Waals surface area contributed by atoms with Crippen LogP contribution in [0, 0.1) is 5.92 Å². The highest BCUT2D eigenvalue weighted by Crippen LogP contribution is 2.41. The quantitative estimate of drug-likeness (QED) is 0.214. The molecule has 39 heavy (non-hydrogen) atoms. The van der Waals surface area contributed by atoms with E-state index in [9.17, 15) is 0 Å². The molecule has 1 saturated carbocycles. The molecule has 0 unspecified atom stereocenters. The van der Waals surface area contributed by atoms with Gasteiger partial charge in [0.05, 0.1) is 7.05 Å². The van der Waals surface area contributed by atoms with E-state index in [-0.39, 0.29) is 0 Å². The van der Waals surface area contributed by atoms with Crippen molar-refractivity contribution in [3.05, 3.63) is 111 Å². The van der Waals surface area contributed by atoms with Gasteiger partial charge in [0.2, 0.25) is 0 Å². The van der Waals surface area contributed by atoms with Crippen molar-refractivity contribution in [3.8, 4) is 0 Å². The fraction of sp³-hybridized carbons (Fsp3) is 0.394. The van der Waals surface area contributed by atoms with E-state index in [1.807, 2.05) is 32.1 Å². The lowest BCUT2D eigenvalue weighted by Gasteiger charge is -2.37. The Bertz CT molecular complexity index is 1160. The maximum Gasteiger partial charge on any atom is 0.0508 e. The summed E-state index contributed by atoms with van der Waals surface area (Å²) in [4.78, 5) is 2.44. The van der Waals surface area contributed by atoms with Gasteiger partial charge in [0.25, 0.3) is 0 Å². The lowest BCUT2D eigenvalue weighted by atomic mass is 9.81. The molecule has 210 valence electrons. The number of benzene rings is 2. The maximum atomic E-state index is 6.19. The van der Waals surface area contributed by atoms with Gasteiger partial charge < -0.3 is 10.7 Å². The van der Waals surface area contributed by atoms with E-state index in [1.165, 1.54) is 72.8 Å². The van der Waals surface area contributed by atoms with Gasteiger partial charge in [-0.15, -0.1) is 0 Å². The number of rotatable bonds is 6. The van der Waals surface area contributed by atoms with Crippen molar-refractivity contribution in [2.24, 2.45) is 22.1 Å². The van der Waals surface area contributed by atoms with Gasteiger partial charge in [-0.05, 0) is 78.1 Å². The van der Waals surface area contributed by atoms with E-state index in [0.717, 1.165) is 18.4 Å². The SMILES string of the molecule is C=C/C(CC)=C1/C=CC(c2ccc(Cc3cc(Cl)cc(Cl)c3)cc2)=C(C2CCCCC2)N1C.CC.CN=NN. The summed E-state index contributed by atoms with van der Waals surface area (Å²) in [6.07, 6.45) is 14.9. The summed E-state index contributed by atoms with van der Waals surface area (Å²) in [5, 5.41) is 7.36. The summed E-state index contributed by atoms with van der Waals surface area (Å²) < 4.78 is 0. The van der Waals surface area contributed by atoms with Crippen molar-refractivity contribution >= 4 is 28.8 Å². The Morgan fingerprint density at radius 3 is 2.10 bits per heavy atom. The van der Waals surface area contributed by atoms with Crippen molar-refractivity contribution < 1.29 is 0 Å². The second-order valence-corrected chi connectivity index (χ2v) is 10.3. The summed E-state index contributed by atoms with van der Waals surface area (Å²) in [7, 11) is 3.75. The minimum Gasteiger partial charge on any atom is -0.347 e. The van der Waals surface area contributed by atoms with Gasteiger partial charge in [-0.3, -0.25) is 0 Å². The highest BCUT2D eigenvalue weighted by atomic mass is 35.5. The van der Waals surface area contributed by atoms with Gasteiger partial charge in [-0.25, -0.2) is 0 Å². The highest BCUT2D eigenvalue weighted by Gasteiger charge is 2.28. The lowest BCUT2D eigenvalue weighted by molar-refractivity contribution is 0.338. The van der Waals surface area contributed by atoms with Gasteiger partial charge in [0, 0.05) is 34.1 Å². The first kappa shape index (κ1) is 32.4. The van der Waals surface area contributed by atoms with Gasteiger partial charge in [-0.2, -0.15) is 5.11 Å². The molecule has 0 spiro atoms. The standard InChI is InChI=1S/C30H33Cl2N.C2H6.CH5N3/c1-4-23(5-2)29-16-15-28(30(33(29)3)25-9-7-6-8-10-25)24-13-11-21(12-14-24)17-22-18-26(31)20-27(32)19-22;1-2;1-3-4-2/h4,11-16,18-20,25H,1,5-10,17H2,2-3H3;1-2H3;1H3,(H2,2,3)/b29-23+;;. The van der Waals surface area contributed by atoms with Crippen molar-refractivity contribution in [2.75, 3.05) is 14.1 Å². The Morgan fingerprint density at radius 2 is 1.59 bits per heavy atom. The Kier molecular flexibility index (Phi) is 14.1. The molecule has 0 aromatic heterocycles. The van der Waals surface area contributed by atoms with E-state index in [2.05, 4.69) is 78.0 Å². The second-order valence-electron chi connectivity index (χ2n) is 9.46. The van der Waals surface area contributed by atoms with Crippen LogP contribution in [0.3, 0.4) is 0 Å². The molecule has 1 fully saturated rings. The summed E-state index contributed by atoms with van der Waals surface area (Å²) >= 11 is 12.4. The zero-order valence-electron chi connectivity index (χ0n) is 24.2. The number of halogens is 2. The molecule has 1 heterocycles. The molecule has 2 aromatic rings. The zero-order valence-corrected chi connectivity index (χ0v) is 25.7. The third kappa shape index (κ3) is 9.12. The minimum atomic E-state index is 0.606. The zero-order chi connectivity index (χ0) is 28.8. The fourth-order valence-corrected chi connectivity index (χ4v) is 5.86. The molecule has 0 amide bonds. The van der Waals surface area contributed by atoms with Crippen LogP contribution in [-0.4, -0.2) is 19.0 Å². The van der Waals surface area contributed by atoms with Gasteiger partial charge in [0.1, 0.15) is 0 Å². The molecular weight excluding hydrogens is 523 g/mol. The summed E-state index contributed by atoms with van der Waals surface area (Å²) in [6.45, 7) is 10.3. The molecule has 6 heteroatoms. The molecule has 0 saturated heterocycles. The normalized spacial score (nSPS) is 16.8. The van der Waals surface area contributed by atoms with Crippen molar-refractivity contribution in [3.63, 3.8) is 0 Å². The van der Waals surface area contributed by atoms with Gasteiger partial charge in [-0.1, -0.05) is 111 Å². The van der Waals surface area contributed by atoms with Crippen LogP contribution in [0.15, 0.2) is 94.6 Å². The Morgan fingerprint density at radius 1 is 1.00 bits per heavy atom. The predicted molar refractivity (Wildman–Crippen MR) is 170 cm³/mol. The van der Waals surface area contributed by atoms with E-state index >= 15 is 0 Å². The van der Waals surface area contributed by atoms with Gasteiger partial charge in [0.15, 0.2) is 0 Å². The molecule has 0 bridgehead atoms. The Hall–Kier alpha value is -2.82. The van der Waals surface area contributed by atoms with Crippen LogP contribution in [0.2, 0.25) is 10.0 Å². The average Bonchev–Trinajstić information content (AvgIpc) is 2.96. The number of allylic oxidation sites excluding steroid dienone is 6. The first-order valence-corrected chi connectivity index (χ1v) is 14.7. The molecule has 0 atom stereocenters. The fourth-order valence-electron chi connectivity index (χ4n) is 5.29. The summed E-state index contributed by atoms with van der Waals surface area (Å²) in [5.41, 5.74) is 9.07. The van der Waals surface area contributed by atoms with Crippen LogP contribution < -0.4 is 5.84 Å². The average molecular weight is 568 g/mol. The summed E-state index contributed by atoms with van der Waals surface area (Å²) in [5.74, 6) is 5.09. The molecule has 2 aliphatic rings. The maximum absolute atomic E-state index is 6.19. The van der Waals surface area contributed by atoms with Crippen LogP contribution in [0.5, 0.6) is 0 Å². The van der Waals surface area contributed by atoms with Crippen molar-refractivity contribution in [1.29, 1.82) is 0 Å².